The van der Waals surface area contributed by atoms with Crippen molar-refractivity contribution in [3.63, 3.8) is 0 Å². The van der Waals surface area contributed by atoms with E-state index in [9.17, 15) is 5.11 Å². The average Bonchev–Trinajstić information content (AvgIpc) is 2.71. The second kappa shape index (κ2) is 5.46. The van der Waals surface area contributed by atoms with Gasteiger partial charge < -0.3 is 14.4 Å². The molecule has 0 fully saturated rings. The highest BCUT2D eigenvalue weighted by molar-refractivity contribution is 5.08. The standard InChI is InChI=1S/C12H20N2O2/c1-16-7-3-4-10-8-14-11(9-15)5-2-6-12(14)13-10/h8,11,15H,2-7,9H2,1H3. The molecule has 0 radical (unpaired) electrons. The molecular formula is C12H20N2O2. The average molecular weight is 224 g/mol. The molecule has 1 unspecified atom stereocenters. The van der Waals surface area contributed by atoms with E-state index in [1.165, 1.54) is 0 Å². The molecule has 0 spiro atoms. The number of fused-ring (bicyclic) bond motifs is 1. The zero-order chi connectivity index (χ0) is 11.4. The topological polar surface area (TPSA) is 47.3 Å². The van der Waals surface area contributed by atoms with Crippen LogP contribution < -0.4 is 0 Å². The summed E-state index contributed by atoms with van der Waals surface area (Å²) in [7, 11) is 1.72. The molecule has 4 heteroatoms. The maximum Gasteiger partial charge on any atom is 0.109 e. The lowest BCUT2D eigenvalue weighted by Gasteiger charge is -2.22. The molecular weight excluding hydrogens is 204 g/mol. The molecule has 4 nitrogen and oxygen atoms in total. The third-order valence-corrected chi connectivity index (χ3v) is 3.18. The van der Waals surface area contributed by atoms with E-state index in [0.717, 1.165) is 50.2 Å². The molecule has 2 rings (SSSR count). The zero-order valence-electron chi connectivity index (χ0n) is 9.85. The molecule has 0 bridgehead atoms. The number of hydrogen-bond acceptors (Lipinski definition) is 3. The van der Waals surface area contributed by atoms with Crippen molar-refractivity contribution in [2.45, 2.75) is 38.1 Å². The maximum absolute atomic E-state index is 9.29. The minimum Gasteiger partial charge on any atom is -0.394 e. The summed E-state index contributed by atoms with van der Waals surface area (Å²) in [5, 5.41) is 9.29. The van der Waals surface area contributed by atoms with Gasteiger partial charge in [-0.05, 0) is 25.7 Å². The Morgan fingerprint density at radius 2 is 2.50 bits per heavy atom. The lowest BCUT2D eigenvalue weighted by atomic mass is 10.1. The van der Waals surface area contributed by atoms with E-state index in [-0.39, 0.29) is 12.6 Å². The third-order valence-electron chi connectivity index (χ3n) is 3.18. The fourth-order valence-corrected chi connectivity index (χ4v) is 2.32. The predicted octanol–water partition coefficient (Wildman–Crippen LogP) is 1.33. The summed E-state index contributed by atoms with van der Waals surface area (Å²) in [6, 6.07) is 0.243. The zero-order valence-corrected chi connectivity index (χ0v) is 9.85. The number of aromatic nitrogens is 2. The number of rotatable bonds is 5. The van der Waals surface area contributed by atoms with Crippen LogP contribution in [0.25, 0.3) is 0 Å². The summed E-state index contributed by atoms with van der Waals surface area (Å²) in [4.78, 5) is 4.62. The predicted molar refractivity (Wildman–Crippen MR) is 61.5 cm³/mol. The van der Waals surface area contributed by atoms with Gasteiger partial charge in [-0.2, -0.15) is 0 Å². The molecule has 1 aromatic heterocycles. The van der Waals surface area contributed by atoms with Gasteiger partial charge in [-0.3, -0.25) is 0 Å². The number of imidazole rings is 1. The molecule has 1 atom stereocenters. The first-order valence-corrected chi connectivity index (χ1v) is 6.01. The number of hydrogen-bond donors (Lipinski definition) is 1. The van der Waals surface area contributed by atoms with Crippen LogP contribution in [0.4, 0.5) is 0 Å². The van der Waals surface area contributed by atoms with Gasteiger partial charge in [0.2, 0.25) is 0 Å². The van der Waals surface area contributed by atoms with E-state index in [1.807, 2.05) is 0 Å². The molecule has 0 aromatic carbocycles. The number of methoxy groups -OCH3 is 1. The maximum atomic E-state index is 9.29. The van der Waals surface area contributed by atoms with Crippen LogP contribution in [0.5, 0.6) is 0 Å². The van der Waals surface area contributed by atoms with Crippen LogP contribution in [0, 0.1) is 0 Å². The summed E-state index contributed by atoms with van der Waals surface area (Å²) in [6.45, 7) is 1.01. The lowest BCUT2D eigenvalue weighted by molar-refractivity contribution is 0.195. The first-order valence-electron chi connectivity index (χ1n) is 6.01. The summed E-state index contributed by atoms with van der Waals surface area (Å²) in [5.41, 5.74) is 1.13. The molecule has 0 saturated carbocycles. The first-order chi connectivity index (χ1) is 7.85. The second-order valence-electron chi connectivity index (χ2n) is 4.38. The molecule has 1 N–H and O–H groups in total. The summed E-state index contributed by atoms with van der Waals surface area (Å²) in [5.74, 6) is 1.14. The van der Waals surface area contributed by atoms with E-state index in [2.05, 4.69) is 15.7 Å². The van der Waals surface area contributed by atoms with Crippen molar-refractivity contribution in [2.24, 2.45) is 0 Å². The van der Waals surface area contributed by atoms with Gasteiger partial charge in [0, 0.05) is 26.3 Å². The number of ether oxygens (including phenoxy) is 1. The van der Waals surface area contributed by atoms with E-state index >= 15 is 0 Å². The smallest absolute Gasteiger partial charge is 0.109 e. The third kappa shape index (κ3) is 2.44. The van der Waals surface area contributed by atoms with Crippen LogP contribution in [-0.2, 0) is 17.6 Å². The van der Waals surface area contributed by atoms with Crippen LogP contribution in [0.1, 0.15) is 36.8 Å². The van der Waals surface area contributed by atoms with Crippen molar-refractivity contribution >= 4 is 0 Å². The summed E-state index contributed by atoms with van der Waals surface area (Å²) >= 11 is 0. The Morgan fingerprint density at radius 3 is 3.25 bits per heavy atom. The van der Waals surface area contributed by atoms with Crippen molar-refractivity contribution < 1.29 is 9.84 Å². The highest BCUT2D eigenvalue weighted by Gasteiger charge is 2.20. The molecule has 0 aliphatic carbocycles. The van der Waals surface area contributed by atoms with E-state index in [4.69, 9.17) is 4.74 Å². The quantitative estimate of drug-likeness (QED) is 0.768. The Morgan fingerprint density at radius 1 is 1.62 bits per heavy atom. The molecule has 90 valence electrons. The number of aliphatic hydroxyl groups excluding tert-OH is 1. The van der Waals surface area contributed by atoms with Gasteiger partial charge in [0.1, 0.15) is 5.82 Å². The highest BCUT2D eigenvalue weighted by atomic mass is 16.5. The summed E-state index contributed by atoms with van der Waals surface area (Å²) < 4.78 is 7.19. The van der Waals surface area contributed by atoms with Gasteiger partial charge in [0.25, 0.3) is 0 Å². The van der Waals surface area contributed by atoms with E-state index in [1.54, 1.807) is 7.11 Å². The highest BCUT2D eigenvalue weighted by Crippen LogP contribution is 2.24. The van der Waals surface area contributed by atoms with Gasteiger partial charge >= 0.3 is 0 Å². The monoisotopic (exact) mass is 224 g/mol. The normalized spacial score (nSPS) is 19.8. The fourth-order valence-electron chi connectivity index (χ4n) is 2.32. The van der Waals surface area contributed by atoms with Gasteiger partial charge in [-0.1, -0.05) is 0 Å². The Kier molecular flexibility index (Phi) is 3.96. The minimum atomic E-state index is 0.223. The van der Waals surface area contributed by atoms with E-state index < -0.39 is 0 Å². The minimum absolute atomic E-state index is 0.223. The van der Waals surface area contributed by atoms with Crippen molar-refractivity contribution in [3.8, 4) is 0 Å². The number of aliphatic hydroxyl groups is 1. The van der Waals surface area contributed by atoms with Crippen molar-refractivity contribution in [1.29, 1.82) is 0 Å². The molecule has 0 saturated heterocycles. The largest absolute Gasteiger partial charge is 0.394 e. The Labute approximate surface area is 96.3 Å². The van der Waals surface area contributed by atoms with Crippen molar-refractivity contribution in [1.82, 2.24) is 9.55 Å². The Bertz CT molecular complexity index is 336. The van der Waals surface area contributed by atoms with Crippen LogP contribution in [0.2, 0.25) is 0 Å². The first kappa shape index (κ1) is 11.6. The van der Waals surface area contributed by atoms with Gasteiger partial charge in [0.15, 0.2) is 0 Å². The fraction of sp³-hybridized carbons (Fsp3) is 0.750. The van der Waals surface area contributed by atoms with Crippen LogP contribution >= 0.6 is 0 Å². The molecule has 1 aliphatic rings. The summed E-state index contributed by atoms with van der Waals surface area (Å²) in [6.07, 6.45) is 7.33. The van der Waals surface area contributed by atoms with E-state index in [0.29, 0.717) is 0 Å². The molecule has 1 aliphatic heterocycles. The van der Waals surface area contributed by atoms with Crippen LogP contribution in [0.15, 0.2) is 6.20 Å². The lowest BCUT2D eigenvalue weighted by Crippen LogP contribution is -2.20. The Hall–Kier alpha value is -0.870. The molecule has 0 amide bonds. The van der Waals surface area contributed by atoms with Gasteiger partial charge in [-0.25, -0.2) is 4.98 Å². The van der Waals surface area contributed by atoms with Crippen molar-refractivity contribution in [2.75, 3.05) is 20.3 Å². The van der Waals surface area contributed by atoms with Crippen LogP contribution in [-0.4, -0.2) is 35.0 Å². The second-order valence-corrected chi connectivity index (χ2v) is 4.38. The number of nitrogens with zero attached hydrogens (tertiary/aromatic N) is 2. The molecule has 2 heterocycles. The van der Waals surface area contributed by atoms with Crippen LogP contribution in [0.3, 0.4) is 0 Å². The van der Waals surface area contributed by atoms with Crippen molar-refractivity contribution in [3.05, 3.63) is 17.7 Å². The van der Waals surface area contributed by atoms with Gasteiger partial charge in [0.05, 0.1) is 18.3 Å². The number of aryl methyl sites for hydroxylation is 2. The SMILES string of the molecule is COCCCc1cn2c(n1)CCCC2CO. The Balaban J connectivity index is 2.03. The molecule has 1 aromatic rings. The van der Waals surface area contributed by atoms with Gasteiger partial charge in [-0.15, -0.1) is 0 Å². The molecule has 16 heavy (non-hydrogen) atoms.